The molecule has 0 heterocycles. The molecule has 0 fully saturated rings. The summed E-state index contributed by atoms with van der Waals surface area (Å²) in [4.78, 5) is 10.4. The third-order valence-corrected chi connectivity index (χ3v) is 1.14. The molecule has 0 bridgehead atoms. The van der Waals surface area contributed by atoms with Crippen LogP contribution in [0.3, 0.4) is 0 Å². The lowest BCUT2D eigenvalue weighted by atomic mass is 10.3. The zero-order chi connectivity index (χ0) is 8.97. The van der Waals surface area contributed by atoms with E-state index in [9.17, 15) is 13.6 Å². The summed E-state index contributed by atoms with van der Waals surface area (Å²) in [6.07, 6.45) is 0. The number of rotatable bonds is 2. The molecular weight excluding hydrogens is 166 g/mol. The SMILES string of the molecule is O=C(CF)Oc1cccc(F)c1. The molecule has 0 unspecified atom stereocenters. The fraction of sp³-hybridized carbons (Fsp3) is 0.125. The molecule has 0 aliphatic rings. The standard InChI is InChI=1S/C8H6F2O2/c9-5-8(11)12-7-3-1-2-6(10)4-7/h1-4H,5H2. The van der Waals surface area contributed by atoms with Crippen molar-refractivity contribution in [3.05, 3.63) is 30.1 Å². The van der Waals surface area contributed by atoms with Crippen LogP contribution in [0, 0.1) is 5.82 Å². The summed E-state index contributed by atoms with van der Waals surface area (Å²) < 4.78 is 28.4. The number of halogens is 2. The van der Waals surface area contributed by atoms with Crippen molar-refractivity contribution in [2.75, 3.05) is 6.67 Å². The van der Waals surface area contributed by atoms with Crippen LogP contribution in [0.25, 0.3) is 0 Å². The summed E-state index contributed by atoms with van der Waals surface area (Å²) >= 11 is 0. The Labute approximate surface area is 67.8 Å². The molecule has 0 radical (unpaired) electrons. The van der Waals surface area contributed by atoms with Gasteiger partial charge in [0, 0.05) is 6.07 Å². The first kappa shape index (κ1) is 8.64. The molecule has 0 N–H and O–H groups in total. The van der Waals surface area contributed by atoms with E-state index in [4.69, 9.17) is 0 Å². The van der Waals surface area contributed by atoms with E-state index in [2.05, 4.69) is 4.74 Å². The minimum absolute atomic E-state index is 0.0117. The van der Waals surface area contributed by atoms with E-state index in [1.807, 2.05) is 0 Å². The number of carbonyl (C=O) groups excluding carboxylic acids is 1. The average Bonchev–Trinajstić information content (AvgIpc) is 2.04. The van der Waals surface area contributed by atoms with Gasteiger partial charge in [0.15, 0.2) is 6.67 Å². The second-order valence-electron chi connectivity index (χ2n) is 2.07. The Bertz CT molecular complexity index is 286. The smallest absolute Gasteiger partial charge is 0.342 e. The number of benzene rings is 1. The fourth-order valence-electron chi connectivity index (χ4n) is 0.689. The molecule has 12 heavy (non-hydrogen) atoms. The van der Waals surface area contributed by atoms with Crippen LogP contribution in [0.15, 0.2) is 24.3 Å². The lowest BCUT2D eigenvalue weighted by Gasteiger charge is -1.99. The van der Waals surface area contributed by atoms with E-state index in [0.717, 1.165) is 6.07 Å². The van der Waals surface area contributed by atoms with Crippen molar-refractivity contribution in [2.24, 2.45) is 0 Å². The van der Waals surface area contributed by atoms with Crippen molar-refractivity contribution in [3.8, 4) is 5.75 Å². The lowest BCUT2D eigenvalue weighted by molar-refractivity contribution is -0.135. The van der Waals surface area contributed by atoms with Crippen LogP contribution in [-0.2, 0) is 4.79 Å². The first-order valence-corrected chi connectivity index (χ1v) is 3.24. The molecule has 0 aliphatic carbocycles. The topological polar surface area (TPSA) is 26.3 Å². The maximum absolute atomic E-state index is 12.4. The van der Waals surface area contributed by atoms with Crippen molar-refractivity contribution in [1.29, 1.82) is 0 Å². The Hall–Kier alpha value is -1.45. The van der Waals surface area contributed by atoms with Gasteiger partial charge in [-0.05, 0) is 12.1 Å². The van der Waals surface area contributed by atoms with Gasteiger partial charge in [0.25, 0.3) is 0 Å². The summed E-state index contributed by atoms with van der Waals surface area (Å²) in [5, 5.41) is 0. The normalized spacial score (nSPS) is 9.50. The maximum Gasteiger partial charge on any atom is 0.342 e. The van der Waals surface area contributed by atoms with Crippen molar-refractivity contribution in [3.63, 3.8) is 0 Å². The molecule has 1 aromatic carbocycles. The van der Waals surface area contributed by atoms with E-state index in [0.29, 0.717) is 0 Å². The zero-order valence-corrected chi connectivity index (χ0v) is 6.09. The van der Waals surface area contributed by atoms with Gasteiger partial charge < -0.3 is 4.74 Å². The largest absolute Gasteiger partial charge is 0.424 e. The van der Waals surface area contributed by atoms with E-state index in [-0.39, 0.29) is 5.75 Å². The van der Waals surface area contributed by atoms with Crippen LogP contribution in [0.4, 0.5) is 8.78 Å². The first-order valence-electron chi connectivity index (χ1n) is 3.24. The average molecular weight is 172 g/mol. The second kappa shape index (κ2) is 3.80. The summed E-state index contributed by atoms with van der Waals surface area (Å²) in [5.74, 6) is -1.54. The maximum atomic E-state index is 12.4. The number of ether oxygens (including phenoxy) is 1. The van der Waals surface area contributed by atoms with Gasteiger partial charge in [-0.15, -0.1) is 0 Å². The number of hydrogen-bond acceptors (Lipinski definition) is 2. The Morgan fingerprint density at radius 3 is 2.83 bits per heavy atom. The molecule has 1 aromatic rings. The van der Waals surface area contributed by atoms with Gasteiger partial charge in [-0.3, -0.25) is 0 Å². The number of alkyl halides is 1. The van der Waals surface area contributed by atoms with Crippen molar-refractivity contribution in [2.45, 2.75) is 0 Å². The monoisotopic (exact) mass is 172 g/mol. The molecule has 0 saturated carbocycles. The molecule has 0 aromatic heterocycles. The van der Waals surface area contributed by atoms with E-state index >= 15 is 0 Å². The van der Waals surface area contributed by atoms with Crippen molar-refractivity contribution >= 4 is 5.97 Å². The highest BCUT2D eigenvalue weighted by Crippen LogP contribution is 2.11. The van der Waals surface area contributed by atoms with Crippen LogP contribution in [0.2, 0.25) is 0 Å². The van der Waals surface area contributed by atoms with Gasteiger partial charge in [-0.2, -0.15) is 0 Å². The van der Waals surface area contributed by atoms with Gasteiger partial charge in [0.05, 0.1) is 0 Å². The van der Waals surface area contributed by atoms with E-state index in [1.165, 1.54) is 18.2 Å². The quantitative estimate of drug-likeness (QED) is 0.501. The Kier molecular flexibility index (Phi) is 2.74. The molecule has 4 heteroatoms. The summed E-state index contributed by atoms with van der Waals surface area (Å²) in [7, 11) is 0. The number of carbonyl (C=O) groups is 1. The van der Waals surface area contributed by atoms with Crippen LogP contribution in [0.1, 0.15) is 0 Å². The Balaban J connectivity index is 2.69. The third-order valence-electron chi connectivity index (χ3n) is 1.14. The van der Waals surface area contributed by atoms with Crippen LogP contribution in [0.5, 0.6) is 5.75 Å². The minimum atomic E-state index is -1.21. The molecule has 64 valence electrons. The Morgan fingerprint density at radius 2 is 2.25 bits per heavy atom. The molecule has 0 saturated heterocycles. The van der Waals surface area contributed by atoms with Crippen molar-refractivity contribution in [1.82, 2.24) is 0 Å². The van der Waals surface area contributed by atoms with E-state index < -0.39 is 18.5 Å². The fourth-order valence-corrected chi connectivity index (χ4v) is 0.689. The zero-order valence-electron chi connectivity index (χ0n) is 6.09. The summed E-state index contributed by atoms with van der Waals surface area (Å²) in [6.45, 7) is -1.21. The number of esters is 1. The molecule has 1 rings (SSSR count). The van der Waals surface area contributed by atoms with Gasteiger partial charge in [-0.25, -0.2) is 13.6 Å². The first-order chi connectivity index (χ1) is 5.72. The Morgan fingerprint density at radius 1 is 1.50 bits per heavy atom. The number of hydrogen-bond donors (Lipinski definition) is 0. The highest BCUT2D eigenvalue weighted by Gasteiger charge is 2.03. The van der Waals surface area contributed by atoms with Gasteiger partial charge >= 0.3 is 5.97 Å². The van der Waals surface area contributed by atoms with Gasteiger partial charge in [0.2, 0.25) is 0 Å². The predicted octanol–water partition coefficient (Wildman–Crippen LogP) is 1.70. The van der Waals surface area contributed by atoms with Crippen molar-refractivity contribution < 1.29 is 18.3 Å². The van der Waals surface area contributed by atoms with E-state index in [1.54, 1.807) is 0 Å². The van der Waals surface area contributed by atoms with Gasteiger partial charge in [-0.1, -0.05) is 6.07 Å². The molecule has 0 amide bonds. The molecular formula is C8H6F2O2. The lowest BCUT2D eigenvalue weighted by Crippen LogP contribution is -2.09. The highest BCUT2D eigenvalue weighted by atomic mass is 19.1. The third kappa shape index (κ3) is 2.30. The highest BCUT2D eigenvalue weighted by molar-refractivity contribution is 5.73. The van der Waals surface area contributed by atoms with Crippen LogP contribution < -0.4 is 4.74 Å². The molecule has 0 atom stereocenters. The van der Waals surface area contributed by atoms with Crippen LogP contribution >= 0.6 is 0 Å². The predicted molar refractivity (Wildman–Crippen MR) is 38.0 cm³/mol. The molecule has 0 aliphatic heterocycles. The summed E-state index contributed by atoms with van der Waals surface area (Å²) in [5.41, 5.74) is 0. The summed E-state index contributed by atoms with van der Waals surface area (Å²) in [6, 6.07) is 4.95. The second-order valence-corrected chi connectivity index (χ2v) is 2.07. The van der Waals surface area contributed by atoms with Crippen LogP contribution in [-0.4, -0.2) is 12.6 Å². The molecule has 2 nitrogen and oxygen atoms in total. The van der Waals surface area contributed by atoms with Gasteiger partial charge in [0.1, 0.15) is 11.6 Å². The minimum Gasteiger partial charge on any atom is -0.424 e. The molecule has 0 spiro atoms.